The van der Waals surface area contributed by atoms with Gasteiger partial charge in [0.15, 0.2) is 5.82 Å². The Morgan fingerprint density at radius 3 is 2.90 bits per heavy atom. The number of urea groups is 1. The van der Waals surface area contributed by atoms with Gasteiger partial charge in [-0.3, -0.25) is 0 Å². The van der Waals surface area contributed by atoms with E-state index < -0.39 is 0 Å². The third-order valence-corrected chi connectivity index (χ3v) is 3.42. The van der Waals surface area contributed by atoms with Gasteiger partial charge in [0.05, 0.1) is 0 Å². The van der Waals surface area contributed by atoms with Crippen molar-refractivity contribution in [3.8, 4) is 0 Å². The van der Waals surface area contributed by atoms with Crippen LogP contribution in [0.15, 0.2) is 35.2 Å². The summed E-state index contributed by atoms with van der Waals surface area (Å²) in [6.07, 6.45) is 2.54. The smallest absolute Gasteiger partial charge is 0.317 e. The molecule has 1 heterocycles. The van der Waals surface area contributed by atoms with Crippen molar-refractivity contribution in [3.63, 3.8) is 0 Å². The summed E-state index contributed by atoms with van der Waals surface area (Å²) < 4.78 is 4.64. The van der Waals surface area contributed by atoms with Crippen LogP contribution in [0.3, 0.4) is 0 Å². The maximum Gasteiger partial charge on any atom is 0.317 e. The highest BCUT2D eigenvalue weighted by atomic mass is 35.5. The van der Waals surface area contributed by atoms with Gasteiger partial charge in [0.25, 0.3) is 0 Å². The van der Waals surface area contributed by atoms with Crippen LogP contribution < -0.4 is 5.32 Å². The number of rotatable bonds is 6. The van der Waals surface area contributed by atoms with Crippen LogP contribution in [0, 0.1) is 0 Å². The molecule has 21 heavy (non-hydrogen) atoms. The van der Waals surface area contributed by atoms with Crippen molar-refractivity contribution in [1.29, 1.82) is 0 Å². The molecule has 112 valence electrons. The Balaban J connectivity index is 1.70. The molecular weight excluding hydrogens is 292 g/mol. The van der Waals surface area contributed by atoms with Gasteiger partial charge < -0.3 is 14.7 Å². The maximum absolute atomic E-state index is 11.9. The van der Waals surface area contributed by atoms with E-state index in [1.54, 1.807) is 11.9 Å². The van der Waals surface area contributed by atoms with Crippen molar-refractivity contribution in [2.45, 2.75) is 12.8 Å². The Hall–Kier alpha value is -2.08. The number of carbonyl (C=O) groups is 1. The van der Waals surface area contributed by atoms with E-state index in [2.05, 4.69) is 20.0 Å². The lowest BCUT2D eigenvalue weighted by Crippen LogP contribution is -2.39. The highest BCUT2D eigenvalue weighted by Crippen LogP contribution is 2.14. The number of amides is 2. The molecule has 2 aromatic rings. The summed E-state index contributed by atoms with van der Waals surface area (Å²) in [7, 11) is 1.73. The largest absolute Gasteiger partial charge is 0.343 e. The molecule has 0 unspecified atom stereocenters. The predicted octanol–water partition coefficient (Wildman–Crippen LogP) is 2.15. The van der Waals surface area contributed by atoms with Gasteiger partial charge in [0.1, 0.15) is 0 Å². The number of hydrogen-bond donors (Lipinski definition) is 1. The van der Waals surface area contributed by atoms with Gasteiger partial charge in [-0.1, -0.05) is 35.0 Å². The van der Waals surface area contributed by atoms with Crippen LogP contribution in [0.25, 0.3) is 0 Å². The van der Waals surface area contributed by atoms with E-state index in [4.69, 9.17) is 11.6 Å². The minimum Gasteiger partial charge on any atom is -0.343 e. The Kier molecular flexibility index (Phi) is 5.57. The van der Waals surface area contributed by atoms with Crippen molar-refractivity contribution in [1.82, 2.24) is 20.4 Å². The summed E-state index contributed by atoms with van der Waals surface area (Å²) in [5, 5.41) is 7.27. The number of likely N-dealkylation sites (N-methyl/N-ethyl adjacent to an activating group) is 1. The Bertz CT molecular complexity index is 574. The van der Waals surface area contributed by atoms with Gasteiger partial charge in [0, 0.05) is 31.6 Å². The molecule has 0 aliphatic carbocycles. The van der Waals surface area contributed by atoms with Crippen molar-refractivity contribution in [2.24, 2.45) is 0 Å². The average Bonchev–Trinajstić information content (AvgIpc) is 3.00. The fourth-order valence-corrected chi connectivity index (χ4v) is 2.04. The molecule has 1 N–H and O–H groups in total. The van der Waals surface area contributed by atoms with E-state index in [9.17, 15) is 4.79 Å². The first-order valence-corrected chi connectivity index (χ1v) is 7.02. The molecule has 0 saturated carbocycles. The maximum atomic E-state index is 11.9. The van der Waals surface area contributed by atoms with Crippen LogP contribution in [-0.4, -0.2) is 41.2 Å². The van der Waals surface area contributed by atoms with Crippen molar-refractivity contribution >= 4 is 17.6 Å². The third-order valence-electron chi connectivity index (χ3n) is 3.05. The molecule has 2 amide bonds. The number of benzene rings is 1. The van der Waals surface area contributed by atoms with Crippen LogP contribution in [0.2, 0.25) is 5.02 Å². The Morgan fingerprint density at radius 2 is 2.19 bits per heavy atom. The molecule has 0 bridgehead atoms. The summed E-state index contributed by atoms with van der Waals surface area (Å²) in [6.45, 7) is 1.06. The molecule has 1 aromatic carbocycles. The fourth-order valence-electron chi connectivity index (χ4n) is 1.81. The third kappa shape index (κ3) is 4.75. The van der Waals surface area contributed by atoms with Crippen LogP contribution in [-0.2, 0) is 12.8 Å². The number of hydrogen-bond acceptors (Lipinski definition) is 4. The molecule has 0 aliphatic heterocycles. The molecule has 0 spiro atoms. The molecule has 7 heteroatoms. The first-order valence-electron chi connectivity index (χ1n) is 6.64. The van der Waals surface area contributed by atoms with Gasteiger partial charge in [-0.15, -0.1) is 0 Å². The van der Waals surface area contributed by atoms with Crippen LogP contribution in [0.4, 0.5) is 4.79 Å². The molecule has 0 aliphatic rings. The second kappa shape index (κ2) is 7.64. The molecule has 2 rings (SSSR count). The molecule has 0 atom stereocenters. The normalized spacial score (nSPS) is 10.4. The van der Waals surface area contributed by atoms with E-state index in [-0.39, 0.29) is 6.03 Å². The molecule has 0 radical (unpaired) electrons. The zero-order valence-electron chi connectivity index (χ0n) is 11.8. The minimum absolute atomic E-state index is 0.134. The van der Waals surface area contributed by atoms with Gasteiger partial charge in [-0.05, 0) is 18.1 Å². The van der Waals surface area contributed by atoms with E-state index in [1.165, 1.54) is 6.39 Å². The number of nitrogens with one attached hydrogen (secondary N) is 1. The molecule has 1 aromatic heterocycles. The highest BCUT2D eigenvalue weighted by Gasteiger charge is 2.09. The quantitative estimate of drug-likeness (QED) is 0.887. The summed E-state index contributed by atoms with van der Waals surface area (Å²) in [5.41, 5.74) is 1.02. The van der Waals surface area contributed by atoms with E-state index in [1.807, 2.05) is 24.3 Å². The van der Waals surface area contributed by atoms with Gasteiger partial charge in [-0.2, -0.15) is 4.98 Å². The second-order valence-corrected chi connectivity index (χ2v) is 5.00. The molecular formula is C14H17ClN4O2. The number of carbonyl (C=O) groups excluding carboxylic acids is 1. The summed E-state index contributed by atoms with van der Waals surface area (Å²) in [5.74, 6) is 0.589. The first kappa shape index (κ1) is 15.3. The molecule has 0 saturated heterocycles. The fraction of sp³-hybridized carbons (Fsp3) is 0.357. The number of halogens is 1. The summed E-state index contributed by atoms with van der Waals surface area (Å²) >= 11 is 6.06. The monoisotopic (exact) mass is 308 g/mol. The number of nitrogens with zero attached hydrogens (tertiary/aromatic N) is 3. The summed E-state index contributed by atoms with van der Waals surface area (Å²) in [6, 6.07) is 7.48. The molecule has 6 nitrogen and oxygen atoms in total. The highest BCUT2D eigenvalue weighted by molar-refractivity contribution is 6.31. The zero-order valence-corrected chi connectivity index (χ0v) is 12.5. The minimum atomic E-state index is -0.134. The lowest BCUT2D eigenvalue weighted by atomic mass is 10.1. The van der Waals surface area contributed by atoms with Gasteiger partial charge in [0.2, 0.25) is 6.39 Å². The van der Waals surface area contributed by atoms with E-state index >= 15 is 0 Å². The van der Waals surface area contributed by atoms with E-state index in [0.717, 1.165) is 10.6 Å². The Morgan fingerprint density at radius 1 is 1.38 bits per heavy atom. The van der Waals surface area contributed by atoms with Gasteiger partial charge >= 0.3 is 6.03 Å². The first-order chi connectivity index (χ1) is 10.2. The second-order valence-electron chi connectivity index (χ2n) is 4.59. The predicted molar refractivity (Wildman–Crippen MR) is 79.2 cm³/mol. The van der Waals surface area contributed by atoms with Gasteiger partial charge in [-0.25, -0.2) is 4.79 Å². The van der Waals surface area contributed by atoms with Crippen LogP contribution in [0.1, 0.15) is 11.4 Å². The van der Waals surface area contributed by atoms with Crippen LogP contribution >= 0.6 is 11.6 Å². The Labute approximate surface area is 128 Å². The topological polar surface area (TPSA) is 71.3 Å². The average molecular weight is 309 g/mol. The SMILES string of the molecule is CN(CCc1ncon1)C(=O)NCCc1ccccc1Cl. The van der Waals surface area contributed by atoms with E-state index in [0.29, 0.717) is 31.8 Å². The van der Waals surface area contributed by atoms with Crippen molar-refractivity contribution < 1.29 is 9.32 Å². The van der Waals surface area contributed by atoms with Crippen molar-refractivity contribution in [3.05, 3.63) is 47.1 Å². The summed E-state index contributed by atoms with van der Waals surface area (Å²) in [4.78, 5) is 17.4. The lowest BCUT2D eigenvalue weighted by molar-refractivity contribution is 0.209. The van der Waals surface area contributed by atoms with Crippen molar-refractivity contribution in [2.75, 3.05) is 20.1 Å². The zero-order chi connectivity index (χ0) is 15.1. The standard InChI is InChI=1S/C14H17ClN4O2/c1-19(9-7-13-17-10-21-18-13)14(20)16-8-6-11-4-2-3-5-12(11)15/h2-5,10H,6-9H2,1H3,(H,16,20). The lowest BCUT2D eigenvalue weighted by Gasteiger charge is -2.17. The number of aromatic nitrogens is 2. The van der Waals surface area contributed by atoms with Crippen LogP contribution in [0.5, 0.6) is 0 Å². The molecule has 0 fully saturated rings.